The summed E-state index contributed by atoms with van der Waals surface area (Å²) in [4.78, 5) is 0. The van der Waals surface area contributed by atoms with Gasteiger partial charge in [-0.3, -0.25) is 0 Å². The predicted octanol–water partition coefficient (Wildman–Crippen LogP) is -1.26. The van der Waals surface area contributed by atoms with Crippen LogP contribution in [0.2, 0.25) is 0 Å². The van der Waals surface area contributed by atoms with Crippen molar-refractivity contribution < 1.29 is 48.4 Å². The Morgan fingerprint density at radius 1 is 0.550 bits per heavy atom. The Labute approximate surface area is 133 Å². The number of rotatable bonds is 0. The number of halogens is 1. The van der Waals surface area contributed by atoms with E-state index in [-0.39, 0.29) is 19.5 Å². The summed E-state index contributed by atoms with van der Waals surface area (Å²) in [6, 6.07) is 0. The maximum atomic E-state index is 8.49. The average Bonchev–Trinajstić information content (AvgIpc) is 3.10. The van der Waals surface area contributed by atoms with Crippen molar-refractivity contribution in [3.05, 3.63) is 48.6 Å². The van der Waals surface area contributed by atoms with Gasteiger partial charge in [-0.15, -0.1) is 10.2 Å². The molecule has 0 aromatic heterocycles. The van der Waals surface area contributed by atoms with Gasteiger partial charge in [0.05, 0.1) is 0 Å². The summed E-state index contributed by atoms with van der Waals surface area (Å²) < 4.78 is 34.0. The Bertz CT molecular complexity index is 329. The number of hydrogen-bond donors (Lipinski definition) is 0. The van der Waals surface area contributed by atoms with Crippen LogP contribution in [0, 0.1) is 33.9 Å². The summed E-state index contributed by atoms with van der Waals surface area (Å²) in [5.41, 5.74) is 0. The molecule has 4 bridgehead atoms. The molecule has 0 unspecified atom stereocenters. The number of hydrogen-bond acceptors (Lipinski definition) is 4. The third-order valence-corrected chi connectivity index (χ3v) is 3.51. The van der Waals surface area contributed by atoms with Gasteiger partial charge in [0, 0.05) is 0 Å². The van der Waals surface area contributed by atoms with Crippen LogP contribution < -0.4 is 18.6 Å². The van der Waals surface area contributed by atoms with Crippen LogP contribution in [-0.4, -0.2) is 0 Å². The molecule has 0 heterocycles. The van der Waals surface area contributed by atoms with Gasteiger partial charge in [-0.05, 0) is 36.5 Å². The second kappa shape index (κ2) is 7.64. The van der Waals surface area contributed by atoms with Crippen molar-refractivity contribution in [2.45, 2.75) is 12.8 Å². The molecule has 0 amide bonds. The second-order valence-corrected chi connectivity index (χ2v) is 5.80. The molecule has 0 radical (unpaired) electrons. The van der Waals surface area contributed by atoms with Crippen LogP contribution in [0.3, 0.4) is 0 Å². The SMILES string of the molecule is C1=CC2C=CC1C2.C1=CC2C=CC1C2.[O-][Cl+3]([O-])([O-])[O-].[Rh+]. The third kappa shape index (κ3) is 6.44. The van der Waals surface area contributed by atoms with Crippen LogP contribution in [-0.2, 0) is 19.5 Å². The second-order valence-electron chi connectivity index (χ2n) is 5.04. The van der Waals surface area contributed by atoms with E-state index in [1.165, 1.54) is 12.8 Å². The first-order chi connectivity index (χ1) is 8.90. The molecule has 0 spiro atoms. The molecular weight excluding hydrogens is 371 g/mol. The zero-order valence-electron chi connectivity index (χ0n) is 10.7. The smallest absolute Gasteiger partial charge is 0.222 e. The predicted molar refractivity (Wildman–Crippen MR) is 59.8 cm³/mol. The van der Waals surface area contributed by atoms with Crippen LogP contribution in [0.1, 0.15) is 12.8 Å². The molecule has 0 fully saturated rings. The molecule has 4 rings (SSSR count). The molecule has 0 saturated carbocycles. The molecule has 0 saturated heterocycles. The molecule has 0 atom stereocenters. The van der Waals surface area contributed by atoms with Gasteiger partial charge in [-0.1, -0.05) is 48.6 Å². The van der Waals surface area contributed by atoms with Crippen molar-refractivity contribution in [3.8, 4) is 0 Å². The summed E-state index contributed by atoms with van der Waals surface area (Å²) in [6.07, 6.45) is 21.1. The maximum absolute atomic E-state index is 8.49. The van der Waals surface area contributed by atoms with E-state index in [2.05, 4.69) is 48.6 Å². The fraction of sp³-hybridized carbons (Fsp3) is 0.429. The fourth-order valence-corrected chi connectivity index (χ4v) is 2.66. The van der Waals surface area contributed by atoms with Crippen molar-refractivity contribution in [2.75, 3.05) is 0 Å². The molecule has 4 aliphatic carbocycles. The first-order valence-electron chi connectivity index (χ1n) is 6.25. The Morgan fingerprint density at radius 3 is 0.750 bits per heavy atom. The van der Waals surface area contributed by atoms with Crippen molar-refractivity contribution in [2.24, 2.45) is 23.7 Å². The molecule has 112 valence electrons. The summed E-state index contributed by atoms with van der Waals surface area (Å²) in [6.45, 7) is 0. The van der Waals surface area contributed by atoms with Gasteiger partial charge >= 0.3 is 19.5 Å². The van der Waals surface area contributed by atoms with Crippen LogP contribution >= 0.6 is 0 Å². The summed E-state index contributed by atoms with van der Waals surface area (Å²) in [5.74, 6) is 3.24. The van der Waals surface area contributed by atoms with Crippen LogP contribution in [0.15, 0.2) is 48.6 Å². The summed E-state index contributed by atoms with van der Waals surface area (Å²) >= 11 is 0. The number of allylic oxidation sites excluding steroid dienone is 8. The molecule has 20 heavy (non-hydrogen) atoms. The van der Waals surface area contributed by atoms with E-state index >= 15 is 0 Å². The largest absolute Gasteiger partial charge is 1.00 e. The zero-order chi connectivity index (χ0) is 13.9. The Morgan fingerprint density at radius 2 is 0.700 bits per heavy atom. The van der Waals surface area contributed by atoms with Crippen LogP contribution in [0.25, 0.3) is 0 Å². The monoisotopic (exact) mass is 386 g/mol. The number of fused-ring (bicyclic) bond motifs is 4. The van der Waals surface area contributed by atoms with Gasteiger partial charge in [0.15, 0.2) is 0 Å². The third-order valence-electron chi connectivity index (χ3n) is 3.51. The van der Waals surface area contributed by atoms with Gasteiger partial charge < -0.3 is 0 Å². The average molecular weight is 387 g/mol. The van der Waals surface area contributed by atoms with E-state index in [0.29, 0.717) is 0 Å². The molecule has 4 aliphatic rings. The van der Waals surface area contributed by atoms with E-state index in [4.69, 9.17) is 18.6 Å². The molecule has 0 aliphatic heterocycles. The minimum absolute atomic E-state index is 0. The van der Waals surface area contributed by atoms with Gasteiger partial charge in [0.2, 0.25) is 0 Å². The van der Waals surface area contributed by atoms with E-state index in [9.17, 15) is 0 Å². The standard InChI is InChI=1S/2C7H8.ClHO4.Rh/c2*1-2-7-4-3-6(1)5-7;2-1(3,4)5;/h2*1-4,6-7H,5H2;(H,2,3,4,5);/q;;;+1/p-1. The first-order valence-corrected chi connectivity index (χ1v) is 7.48. The van der Waals surface area contributed by atoms with Crippen molar-refractivity contribution >= 4 is 0 Å². The first kappa shape index (κ1) is 17.8. The van der Waals surface area contributed by atoms with Gasteiger partial charge in [0.1, 0.15) is 0 Å². The topological polar surface area (TPSA) is 92.2 Å². The molecule has 0 aromatic carbocycles. The van der Waals surface area contributed by atoms with E-state index in [1.807, 2.05) is 0 Å². The normalized spacial score (nSPS) is 33.4. The maximum Gasteiger partial charge on any atom is 1.00 e. The molecule has 0 N–H and O–H groups in total. The van der Waals surface area contributed by atoms with Crippen molar-refractivity contribution in [1.29, 1.82) is 0 Å². The molecular formula is C14H16ClO4Rh. The minimum Gasteiger partial charge on any atom is -0.222 e. The van der Waals surface area contributed by atoms with Crippen molar-refractivity contribution in [1.82, 2.24) is 0 Å². The van der Waals surface area contributed by atoms with E-state index in [1.54, 1.807) is 0 Å². The quantitative estimate of drug-likeness (QED) is 0.384. The van der Waals surface area contributed by atoms with E-state index < -0.39 is 10.2 Å². The van der Waals surface area contributed by atoms with Gasteiger partial charge in [-0.2, -0.15) is 0 Å². The molecule has 6 heteroatoms. The van der Waals surface area contributed by atoms with Crippen LogP contribution in [0.4, 0.5) is 0 Å². The fourth-order valence-electron chi connectivity index (χ4n) is 2.66. The van der Waals surface area contributed by atoms with Gasteiger partial charge in [-0.25, -0.2) is 18.6 Å². The zero-order valence-corrected chi connectivity index (χ0v) is 13.1. The summed E-state index contributed by atoms with van der Waals surface area (Å²) in [7, 11) is -4.94. The minimum atomic E-state index is -4.94. The molecule has 4 nitrogen and oxygen atoms in total. The summed E-state index contributed by atoms with van der Waals surface area (Å²) in [5, 5.41) is 0. The van der Waals surface area contributed by atoms with E-state index in [0.717, 1.165) is 23.7 Å². The van der Waals surface area contributed by atoms with Crippen LogP contribution in [0.5, 0.6) is 0 Å². The molecule has 0 aromatic rings. The Hall–Kier alpha value is -0.287. The van der Waals surface area contributed by atoms with Gasteiger partial charge in [0.25, 0.3) is 0 Å². The van der Waals surface area contributed by atoms with Crippen molar-refractivity contribution in [3.63, 3.8) is 0 Å². The Balaban J connectivity index is 0.000000150. The Kier molecular flexibility index (Phi) is 6.79.